The average molecular weight is 977 g/mol. The molecule has 0 fully saturated rings. The highest BCUT2D eigenvalue weighted by atomic mass is 32.1. The van der Waals surface area contributed by atoms with Crippen LogP contribution in [0.4, 0.5) is 51.7 Å². The Hall–Kier alpha value is -8.04. The SMILES string of the molecule is CC1(C)c2ccccc2C2(c3ccc(N(c4cc(F)cc(F)c4)c4cccc5c4sc4ccccc45)cc3-c3cc(N(c4cc(F)cc(F)c4)c4cccc5c4sc4ccccc45)ccc32)c2ccccc21. The Morgan fingerprint density at radius 3 is 1.14 bits per heavy atom. The van der Waals surface area contributed by atoms with Gasteiger partial charge in [0.25, 0.3) is 0 Å². The maximum Gasteiger partial charge on any atom is 0.128 e. The number of fused-ring (bicyclic) bond motifs is 15. The molecule has 2 nitrogen and oxygen atoms in total. The van der Waals surface area contributed by atoms with Crippen LogP contribution in [-0.2, 0) is 10.8 Å². The summed E-state index contributed by atoms with van der Waals surface area (Å²) in [5.74, 6) is -2.74. The number of anilines is 6. The predicted molar refractivity (Wildman–Crippen MR) is 291 cm³/mol. The normalized spacial score (nSPS) is 13.9. The minimum atomic E-state index is -0.799. The summed E-state index contributed by atoms with van der Waals surface area (Å²) < 4.78 is 66.5. The fourth-order valence-electron chi connectivity index (χ4n) is 12.2. The van der Waals surface area contributed by atoms with Gasteiger partial charge < -0.3 is 9.80 Å². The van der Waals surface area contributed by atoms with E-state index in [0.717, 1.165) is 97.2 Å². The summed E-state index contributed by atoms with van der Waals surface area (Å²) in [4.78, 5) is 3.93. The molecule has 0 aliphatic heterocycles. The van der Waals surface area contributed by atoms with Crippen LogP contribution >= 0.6 is 22.7 Å². The van der Waals surface area contributed by atoms with E-state index < -0.39 is 28.7 Å². The zero-order valence-electron chi connectivity index (χ0n) is 38.9. The summed E-state index contributed by atoms with van der Waals surface area (Å²) in [7, 11) is 0. The molecule has 0 bridgehead atoms. The largest absolute Gasteiger partial charge is 0.309 e. The Labute approximate surface area is 420 Å². The van der Waals surface area contributed by atoms with E-state index in [9.17, 15) is 0 Å². The van der Waals surface area contributed by atoms with Gasteiger partial charge in [-0.15, -0.1) is 22.7 Å². The number of hydrogen-bond donors (Lipinski definition) is 0. The average Bonchev–Trinajstić information content (AvgIpc) is 4.05. The lowest BCUT2D eigenvalue weighted by atomic mass is 9.55. The zero-order chi connectivity index (χ0) is 48.6. The number of benzene rings is 10. The van der Waals surface area contributed by atoms with E-state index in [-0.39, 0.29) is 5.41 Å². The number of nitrogens with zero attached hydrogens (tertiary/aromatic N) is 2. The van der Waals surface area contributed by atoms with Crippen molar-refractivity contribution in [2.24, 2.45) is 0 Å². The molecule has 0 radical (unpaired) electrons. The molecule has 0 saturated heterocycles. The molecule has 2 aliphatic carbocycles. The van der Waals surface area contributed by atoms with Crippen molar-refractivity contribution >= 4 is 97.1 Å². The van der Waals surface area contributed by atoms with Crippen molar-refractivity contribution in [2.75, 3.05) is 9.80 Å². The molecule has 0 atom stereocenters. The van der Waals surface area contributed by atoms with Crippen molar-refractivity contribution in [3.63, 3.8) is 0 Å². The third kappa shape index (κ3) is 6.12. The van der Waals surface area contributed by atoms with Gasteiger partial charge in [-0.05, 0) is 117 Å². The maximum absolute atomic E-state index is 15.6. The minimum absolute atomic E-state index is 0.338. The van der Waals surface area contributed by atoms with Gasteiger partial charge in [-0.2, -0.15) is 0 Å². The van der Waals surface area contributed by atoms with Crippen LogP contribution in [0.5, 0.6) is 0 Å². The van der Waals surface area contributed by atoms with Gasteiger partial charge >= 0.3 is 0 Å². The first-order chi connectivity index (χ1) is 35.1. The molecule has 10 aromatic carbocycles. The predicted octanol–water partition coefficient (Wildman–Crippen LogP) is 18.9. The van der Waals surface area contributed by atoms with E-state index in [1.807, 2.05) is 58.3 Å². The third-order valence-electron chi connectivity index (χ3n) is 15.1. The molecule has 2 aromatic heterocycles. The quantitative estimate of drug-likeness (QED) is 0.153. The van der Waals surface area contributed by atoms with Gasteiger partial charge in [-0.1, -0.05) is 135 Å². The molecule has 1 spiro atoms. The highest BCUT2D eigenvalue weighted by Crippen LogP contribution is 2.63. The van der Waals surface area contributed by atoms with Crippen LogP contribution in [0.25, 0.3) is 51.5 Å². The molecule has 72 heavy (non-hydrogen) atoms. The fourth-order valence-corrected chi connectivity index (χ4v) is 14.6. The molecule has 14 rings (SSSR count). The molecule has 346 valence electrons. The van der Waals surface area contributed by atoms with Crippen LogP contribution < -0.4 is 9.80 Å². The number of hydrogen-bond acceptors (Lipinski definition) is 4. The second-order valence-electron chi connectivity index (χ2n) is 19.4. The van der Waals surface area contributed by atoms with Crippen molar-refractivity contribution < 1.29 is 17.6 Å². The fraction of sp³-hybridized carbons (Fsp3) is 0.0625. The Bertz CT molecular complexity index is 3930. The van der Waals surface area contributed by atoms with Gasteiger partial charge in [0.2, 0.25) is 0 Å². The topological polar surface area (TPSA) is 6.48 Å². The van der Waals surface area contributed by atoms with Crippen molar-refractivity contribution in [1.29, 1.82) is 0 Å². The molecule has 0 N–H and O–H groups in total. The lowest BCUT2D eigenvalue weighted by Gasteiger charge is -2.46. The summed E-state index contributed by atoms with van der Waals surface area (Å²) in [5, 5.41) is 4.30. The van der Waals surface area contributed by atoms with Crippen LogP contribution in [0.15, 0.2) is 206 Å². The van der Waals surface area contributed by atoms with Crippen LogP contribution in [0, 0.1) is 23.3 Å². The van der Waals surface area contributed by atoms with E-state index in [0.29, 0.717) is 22.7 Å². The van der Waals surface area contributed by atoms with E-state index in [1.54, 1.807) is 22.7 Å². The second kappa shape index (κ2) is 15.7. The standard InChI is InChI=1S/C64H40F4N2S2/c1-63(2)53-17-5-7-19-55(53)64(56-20-8-6-18-54(56)63)51-27-25-41(69(43-31-37(65)29-38(66)32-43)57-21-11-15-47-45-13-3-9-23-59(45)71-61(47)57)35-49(51)50-36-42(26-28-52(50)64)70(44-33-39(67)30-40(68)34-44)58-22-12-16-48-46-14-4-10-24-60(46)72-62(48)58/h3-36H,1-2H3. The highest BCUT2D eigenvalue weighted by Gasteiger charge is 2.53. The Kier molecular flexibility index (Phi) is 9.35. The lowest BCUT2D eigenvalue weighted by molar-refractivity contribution is 0.563. The van der Waals surface area contributed by atoms with Crippen LogP contribution in [-0.4, -0.2) is 0 Å². The van der Waals surface area contributed by atoms with Gasteiger partial charge in [-0.25, -0.2) is 17.6 Å². The number of rotatable bonds is 6. The molecule has 2 heterocycles. The molecule has 12 aromatic rings. The molecule has 8 heteroatoms. The molecular weight excluding hydrogens is 937 g/mol. The highest BCUT2D eigenvalue weighted by molar-refractivity contribution is 7.26. The van der Waals surface area contributed by atoms with Crippen LogP contribution in [0.3, 0.4) is 0 Å². The van der Waals surface area contributed by atoms with Gasteiger partial charge in [0.1, 0.15) is 23.3 Å². The monoisotopic (exact) mass is 976 g/mol. The molecule has 2 aliphatic rings. The first-order valence-corrected chi connectivity index (χ1v) is 25.5. The van der Waals surface area contributed by atoms with Gasteiger partial charge in [0.05, 0.1) is 37.6 Å². The smallest absolute Gasteiger partial charge is 0.128 e. The Morgan fingerprint density at radius 2 is 0.708 bits per heavy atom. The number of thiophene rings is 2. The lowest BCUT2D eigenvalue weighted by Crippen LogP contribution is -2.40. The summed E-state index contributed by atoms with van der Waals surface area (Å²) in [6.07, 6.45) is 0. The second-order valence-corrected chi connectivity index (χ2v) is 21.5. The molecule has 0 saturated carbocycles. The third-order valence-corrected chi connectivity index (χ3v) is 17.5. The van der Waals surface area contributed by atoms with Crippen LogP contribution in [0.1, 0.15) is 47.2 Å². The van der Waals surface area contributed by atoms with Crippen molar-refractivity contribution in [3.8, 4) is 11.1 Å². The van der Waals surface area contributed by atoms with Gasteiger partial charge in [0, 0.05) is 59.9 Å². The number of halogens is 4. The minimum Gasteiger partial charge on any atom is -0.309 e. The first kappa shape index (κ1) is 42.8. The van der Waals surface area contributed by atoms with Crippen molar-refractivity contribution in [1.82, 2.24) is 0 Å². The summed E-state index contributed by atoms with van der Waals surface area (Å²) in [5.41, 5.74) is 11.2. The summed E-state index contributed by atoms with van der Waals surface area (Å²) in [6, 6.07) is 66.4. The van der Waals surface area contributed by atoms with E-state index in [2.05, 4.69) is 135 Å². The molecular formula is C64H40F4N2S2. The van der Waals surface area contributed by atoms with E-state index in [1.165, 1.54) is 35.4 Å². The Morgan fingerprint density at radius 1 is 0.333 bits per heavy atom. The van der Waals surface area contributed by atoms with Crippen molar-refractivity contribution in [2.45, 2.75) is 24.7 Å². The zero-order valence-corrected chi connectivity index (χ0v) is 40.5. The van der Waals surface area contributed by atoms with Crippen LogP contribution in [0.2, 0.25) is 0 Å². The maximum atomic E-state index is 15.6. The molecule has 0 unspecified atom stereocenters. The van der Waals surface area contributed by atoms with E-state index in [4.69, 9.17) is 0 Å². The van der Waals surface area contributed by atoms with E-state index >= 15 is 17.6 Å². The van der Waals surface area contributed by atoms with Gasteiger partial charge in [-0.3, -0.25) is 0 Å². The van der Waals surface area contributed by atoms with Crippen molar-refractivity contribution in [3.05, 3.63) is 263 Å². The summed E-state index contributed by atoms with van der Waals surface area (Å²) >= 11 is 3.30. The Balaban J connectivity index is 1.08. The molecule has 0 amide bonds. The first-order valence-electron chi connectivity index (χ1n) is 23.9. The van der Waals surface area contributed by atoms with Gasteiger partial charge in [0.15, 0.2) is 0 Å². The summed E-state index contributed by atoms with van der Waals surface area (Å²) in [6.45, 7) is 4.57.